The van der Waals surface area contributed by atoms with Crippen LogP contribution < -0.4 is 10.0 Å². The predicted octanol–water partition coefficient (Wildman–Crippen LogP) is 4.65. The van der Waals surface area contributed by atoms with E-state index in [0.717, 1.165) is 29.7 Å². The molecule has 17 heteroatoms. The number of carbonyl (C=O) groups excluding carboxylic acids is 4. The second-order valence-corrected chi connectivity index (χ2v) is 15.1. The minimum absolute atomic E-state index is 0.0585. The van der Waals surface area contributed by atoms with Crippen molar-refractivity contribution in [3.63, 3.8) is 0 Å². The van der Waals surface area contributed by atoms with Gasteiger partial charge in [-0.05, 0) is 29.3 Å². The van der Waals surface area contributed by atoms with Gasteiger partial charge in [0, 0.05) is 69.2 Å². The number of nitrogens with zero attached hydrogens (tertiary/aromatic N) is 1. The first kappa shape index (κ1) is 43.5. The molecule has 0 bridgehead atoms. The Bertz CT molecular complexity index is 1900. The van der Waals surface area contributed by atoms with E-state index in [-0.39, 0.29) is 36.6 Å². The second kappa shape index (κ2) is 20.2. The van der Waals surface area contributed by atoms with Gasteiger partial charge in [0.05, 0.1) is 23.8 Å². The highest BCUT2D eigenvalue weighted by molar-refractivity contribution is 7.99. The van der Waals surface area contributed by atoms with Crippen LogP contribution >= 0.6 is 24.0 Å². The van der Waals surface area contributed by atoms with Crippen LogP contribution in [0.3, 0.4) is 0 Å². The van der Waals surface area contributed by atoms with Gasteiger partial charge in [0.1, 0.15) is 18.8 Å². The van der Waals surface area contributed by atoms with Gasteiger partial charge >= 0.3 is 23.9 Å². The predicted molar refractivity (Wildman–Crippen MR) is 208 cm³/mol. The average Bonchev–Trinajstić information content (AvgIpc) is 3.16. The number of ether oxygens (including phenoxy) is 7. The quantitative estimate of drug-likeness (QED) is 0.0570. The Morgan fingerprint density at radius 2 is 1.47 bits per heavy atom. The maximum absolute atomic E-state index is 12.4. The van der Waals surface area contributed by atoms with Crippen LogP contribution in [0.4, 0.5) is 5.69 Å². The van der Waals surface area contributed by atoms with Gasteiger partial charge < -0.3 is 48.8 Å². The molecule has 1 aromatic heterocycles. The first-order chi connectivity index (χ1) is 27.2. The molecular weight excluding hydrogens is 781 g/mol. The monoisotopic (exact) mass is 826 g/mol. The Morgan fingerprint density at radius 3 is 2.11 bits per heavy atom. The molecule has 2 N–H and O–H groups in total. The highest BCUT2D eigenvalue weighted by Crippen LogP contribution is 2.43. The Morgan fingerprint density at radius 1 is 0.807 bits per heavy atom. The largest absolute Gasteiger partial charge is 0.618 e. The number of benzene rings is 2. The number of hydrogen-bond acceptors (Lipinski definition) is 15. The SMILES string of the molecule is CC(=O)OCC1OC(CC(=S)Nc2cccc(C3OC(CSc4cccc[n+]4[O-])C(C)C(c4ccc(CO)cc4)O3)c2)C(OC(C)=O)C(OC(C)=O)C1OC(C)=O. The Kier molecular flexibility index (Phi) is 15.4. The van der Waals surface area contributed by atoms with Crippen LogP contribution in [-0.4, -0.2) is 83.0 Å². The number of thioether (sulfide) groups is 1. The highest BCUT2D eigenvalue weighted by atomic mass is 32.2. The van der Waals surface area contributed by atoms with Crippen molar-refractivity contribution in [2.45, 2.75) is 102 Å². The lowest BCUT2D eigenvalue weighted by Gasteiger charge is -2.44. The molecule has 306 valence electrons. The van der Waals surface area contributed by atoms with Crippen molar-refractivity contribution in [3.05, 3.63) is 94.8 Å². The van der Waals surface area contributed by atoms with Gasteiger partial charge in [-0.25, -0.2) is 0 Å². The van der Waals surface area contributed by atoms with Gasteiger partial charge in [0.25, 0.3) is 5.03 Å². The maximum Gasteiger partial charge on any atom is 0.303 e. The van der Waals surface area contributed by atoms with Gasteiger partial charge in [-0.15, -0.1) is 0 Å². The number of esters is 4. The van der Waals surface area contributed by atoms with Crippen molar-refractivity contribution in [1.82, 2.24) is 0 Å². The zero-order chi connectivity index (χ0) is 41.2. The summed E-state index contributed by atoms with van der Waals surface area (Å²) in [6, 6.07) is 20.0. The van der Waals surface area contributed by atoms with Crippen molar-refractivity contribution >= 4 is 58.5 Å². The summed E-state index contributed by atoms with van der Waals surface area (Å²) in [6.45, 7) is 6.27. The summed E-state index contributed by atoms with van der Waals surface area (Å²) in [4.78, 5) is 48.6. The molecule has 57 heavy (non-hydrogen) atoms. The normalized spacial score (nSPS) is 25.8. The van der Waals surface area contributed by atoms with Gasteiger partial charge in [0.15, 0.2) is 30.8 Å². The van der Waals surface area contributed by atoms with E-state index in [1.165, 1.54) is 31.8 Å². The van der Waals surface area contributed by atoms with Crippen LogP contribution in [0.5, 0.6) is 0 Å². The highest BCUT2D eigenvalue weighted by Gasteiger charge is 2.52. The summed E-state index contributed by atoms with van der Waals surface area (Å²) in [5.41, 5.74) is 2.92. The number of thiocarbonyl (C=S) groups is 1. The Labute approximate surface area is 339 Å². The Balaban J connectivity index is 1.37. The fourth-order valence-electron chi connectivity index (χ4n) is 6.64. The zero-order valence-electron chi connectivity index (χ0n) is 32.1. The van der Waals surface area contributed by atoms with E-state index >= 15 is 0 Å². The molecule has 0 radical (unpaired) electrons. The molecule has 2 saturated heterocycles. The third kappa shape index (κ3) is 11.9. The van der Waals surface area contributed by atoms with E-state index in [9.17, 15) is 29.5 Å². The van der Waals surface area contributed by atoms with Gasteiger partial charge in [0.2, 0.25) is 0 Å². The van der Waals surface area contributed by atoms with Gasteiger partial charge in [-0.3, -0.25) is 19.2 Å². The summed E-state index contributed by atoms with van der Waals surface area (Å²) in [5.74, 6) is -2.45. The number of rotatable bonds is 14. The summed E-state index contributed by atoms with van der Waals surface area (Å²) in [6.07, 6.45) is -6.15. The first-order valence-electron chi connectivity index (χ1n) is 18.2. The lowest BCUT2D eigenvalue weighted by Crippen LogP contribution is -2.62. The van der Waals surface area contributed by atoms with Crippen molar-refractivity contribution in [2.75, 3.05) is 17.7 Å². The third-order valence-electron chi connectivity index (χ3n) is 9.22. The lowest BCUT2D eigenvalue weighted by atomic mass is 9.91. The molecule has 3 heterocycles. The molecule has 15 nitrogen and oxygen atoms in total. The molecular formula is C40H46N2O13S2. The van der Waals surface area contributed by atoms with Crippen molar-refractivity contribution in [1.29, 1.82) is 0 Å². The first-order valence-corrected chi connectivity index (χ1v) is 19.6. The molecule has 2 aliphatic heterocycles. The van der Waals surface area contributed by atoms with Crippen LogP contribution in [0, 0.1) is 11.1 Å². The van der Waals surface area contributed by atoms with E-state index in [1.807, 2.05) is 43.3 Å². The van der Waals surface area contributed by atoms with Gasteiger partial charge in [-0.1, -0.05) is 67.3 Å². The molecule has 2 aromatic carbocycles. The number of hydrogen-bond donors (Lipinski definition) is 2. The van der Waals surface area contributed by atoms with E-state index in [0.29, 0.717) is 22.0 Å². The summed E-state index contributed by atoms with van der Waals surface area (Å²) in [5, 5.41) is 25.8. The van der Waals surface area contributed by atoms with Crippen LogP contribution in [0.1, 0.15) is 70.1 Å². The number of pyridine rings is 1. The zero-order valence-corrected chi connectivity index (χ0v) is 33.7. The minimum Gasteiger partial charge on any atom is -0.618 e. The van der Waals surface area contributed by atoms with Crippen LogP contribution in [0.15, 0.2) is 78.0 Å². The number of aromatic nitrogens is 1. The number of aliphatic hydroxyl groups excluding tert-OH is 1. The maximum atomic E-state index is 12.4. The number of carbonyl (C=O) groups is 4. The van der Waals surface area contributed by atoms with E-state index in [2.05, 4.69) is 5.32 Å². The number of aliphatic hydroxyl groups is 1. The number of nitrogens with one attached hydrogen (secondary N) is 1. The lowest BCUT2D eigenvalue weighted by molar-refractivity contribution is -0.645. The molecule has 0 spiro atoms. The average molecular weight is 827 g/mol. The Hall–Kier alpha value is -4.65. The van der Waals surface area contributed by atoms with Crippen molar-refractivity contribution < 1.29 is 62.2 Å². The van der Waals surface area contributed by atoms with E-state index in [4.69, 9.17) is 45.4 Å². The molecule has 0 saturated carbocycles. The van der Waals surface area contributed by atoms with Crippen molar-refractivity contribution in [2.24, 2.45) is 5.92 Å². The van der Waals surface area contributed by atoms with Crippen LogP contribution in [0.2, 0.25) is 0 Å². The molecule has 0 amide bonds. The summed E-state index contributed by atoms with van der Waals surface area (Å²) in [7, 11) is 0. The van der Waals surface area contributed by atoms with Crippen LogP contribution in [0.25, 0.3) is 0 Å². The van der Waals surface area contributed by atoms with Crippen molar-refractivity contribution in [3.8, 4) is 0 Å². The van der Waals surface area contributed by atoms with Gasteiger partial charge in [-0.2, -0.15) is 4.73 Å². The van der Waals surface area contributed by atoms with E-state index in [1.54, 1.807) is 30.3 Å². The molecule has 9 unspecified atom stereocenters. The van der Waals surface area contributed by atoms with E-state index < -0.39 is 66.8 Å². The fraction of sp³-hybridized carbons (Fsp3) is 0.450. The number of anilines is 1. The fourth-order valence-corrected chi connectivity index (χ4v) is 8.00. The molecule has 2 fully saturated rings. The topological polar surface area (TPSA) is 192 Å². The smallest absolute Gasteiger partial charge is 0.303 e. The molecule has 3 aromatic rings. The standard InChI is InChI=1S/C40H46N2O13S2/c1-22-33(21-57-35-11-6-7-16-42(35)48)54-40(55-36(22)28-14-12-27(19-43)13-15-28)29-9-8-10-30(17-29)41-34(56)18-31-37(50-24(3)45)39(52-26(5)47)38(51-25(4)46)32(53-31)20-49-23(2)44/h6-17,22,31-33,36-40,43H,18-21H2,1-5H3,(H,41,56). The molecule has 2 aliphatic rings. The molecule has 0 aliphatic carbocycles. The minimum atomic E-state index is -1.32. The molecule has 9 atom stereocenters. The second-order valence-electron chi connectivity index (χ2n) is 13.6. The summed E-state index contributed by atoms with van der Waals surface area (Å²) < 4.78 is 42.0. The molecule has 5 rings (SSSR count). The summed E-state index contributed by atoms with van der Waals surface area (Å²) >= 11 is 7.15. The third-order valence-corrected chi connectivity index (χ3v) is 10.6. The van der Waals surface area contributed by atoms with Crippen LogP contribution in [-0.2, 0) is 58.9 Å².